The van der Waals surface area contributed by atoms with E-state index in [0.29, 0.717) is 17.1 Å². The second kappa shape index (κ2) is 9.02. The quantitative estimate of drug-likeness (QED) is 0.462. The molecule has 0 aliphatic rings. The van der Waals surface area contributed by atoms with E-state index in [9.17, 15) is 13.2 Å². The van der Waals surface area contributed by atoms with Gasteiger partial charge in [0.2, 0.25) is 5.95 Å². The number of para-hydroxylation sites is 1. The predicted octanol–water partition coefficient (Wildman–Crippen LogP) is 6.47. The zero-order valence-electron chi connectivity index (χ0n) is 16.9. The van der Waals surface area contributed by atoms with Crippen LogP contribution in [0.25, 0.3) is 0 Å². The molecule has 0 fully saturated rings. The largest absolute Gasteiger partial charge is 0.491 e. The van der Waals surface area contributed by atoms with E-state index >= 15 is 0 Å². The van der Waals surface area contributed by atoms with Crippen LogP contribution in [-0.4, -0.2) is 16.1 Å². The minimum Gasteiger partial charge on any atom is -0.491 e. The third-order valence-corrected chi connectivity index (χ3v) is 4.51. The molecule has 0 aliphatic heterocycles. The van der Waals surface area contributed by atoms with Crippen molar-refractivity contribution in [3.63, 3.8) is 0 Å². The lowest BCUT2D eigenvalue weighted by Gasteiger charge is -2.16. The molecule has 0 saturated heterocycles. The van der Waals surface area contributed by atoms with Crippen LogP contribution in [0.15, 0.2) is 54.7 Å². The fraction of sp³-hybridized carbons (Fsp3) is 0.273. The Hall–Kier alpha value is -3.29. The number of hydrogen-bond donors (Lipinski definition) is 2. The van der Waals surface area contributed by atoms with Gasteiger partial charge in [-0.3, -0.25) is 0 Å². The standard InChI is InChI=1S/C22H23F3N4O/c1-4-15(3)30-17-11-9-16(10-12-17)27-21-26-13-18(22(23,24)25)20(29-21)28-19-8-6-5-7-14(19)2/h5-13,15H,4H2,1-3H3,(H2,26,27,28,29). The summed E-state index contributed by atoms with van der Waals surface area (Å²) >= 11 is 0. The average molecular weight is 416 g/mol. The molecule has 3 rings (SSSR count). The van der Waals surface area contributed by atoms with Crippen molar-refractivity contribution in [1.29, 1.82) is 0 Å². The zero-order chi connectivity index (χ0) is 21.7. The highest BCUT2D eigenvalue weighted by Gasteiger charge is 2.35. The molecule has 2 aromatic carbocycles. The molecule has 1 heterocycles. The molecule has 0 saturated carbocycles. The number of halogens is 3. The molecule has 1 atom stereocenters. The van der Waals surface area contributed by atoms with Crippen molar-refractivity contribution in [2.45, 2.75) is 39.5 Å². The van der Waals surface area contributed by atoms with Gasteiger partial charge >= 0.3 is 6.18 Å². The molecule has 0 radical (unpaired) electrons. The summed E-state index contributed by atoms with van der Waals surface area (Å²) in [5.74, 6) is 0.450. The van der Waals surface area contributed by atoms with Crippen LogP contribution in [0.1, 0.15) is 31.4 Å². The van der Waals surface area contributed by atoms with Gasteiger partial charge in [0, 0.05) is 17.6 Å². The van der Waals surface area contributed by atoms with Crippen molar-refractivity contribution >= 4 is 23.1 Å². The lowest BCUT2D eigenvalue weighted by Crippen LogP contribution is -2.13. The van der Waals surface area contributed by atoms with Gasteiger partial charge in [0.25, 0.3) is 0 Å². The van der Waals surface area contributed by atoms with Crippen LogP contribution in [0.2, 0.25) is 0 Å². The number of nitrogens with one attached hydrogen (secondary N) is 2. The third kappa shape index (κ3) is 5.40. The van der Waals surface area contributed by atoms with Crippen molar-refractivity contribution in [3.8, 4) is 5.75 Å². The topological polar surface area (TPSA) is 59.1 Å². The van der Waals surface area contributed by atoms with Crippen LogP contribution < -0.4 is 15.4 Å². The summed E-state index contributed by atoms with van der Waals surface area (Å²) in [4.78, 5) is 7.91. The van der Waals surface area contributed by atoms with E-state index in [2.05, 4.69) is 20.6 Å². The number of nitrogens with zero attached hydrogens (tertiary/aromatic N) is 2. The number of hydrogen-bond acceptors (Lipinski definition) is 5. The summed E-state index contributed by atoms with van der Waals surface area (Å²) < 4.78 is 46.0. The van der Waals surface area contributed by atoms with Crippen molar-refractivity contribution in [2.24, 2.45) is 0 Å². The van der Waals surface area contributed by atoms with E-state index in [1.807, 2.05) is 19.9 Å². The Bertz CT molecular complexity index is 990. The number of benzene rings is 2. The van der Waals surface area contributed by atoms with Crippen LogP contribution in [0.5, 0.6) is 5.75 Å². The molecular weight excluding hydrogens is 393 g/mol. The summed E-state index contributed by atoms with van der Waals surface area (Å²) in [5, 5.41) is 5.71. The van der Waals surface area contributed by atoms with Gasteiger partial charge in [0.15, 0.2) is 0 Å². The molecule has 0 amide bonds. The minimum absolute atomic E-state index is 0.0506. The second-order valence-corrected chi connectivity index (χ2v) is 6.88. The van der Waals surface area contributed by atoms with Gasteiger partial charge in [-0.2, -0.15) is 18.2 Å². The number of aryl methyl sites for hydroxylation is 1. The van der Waals surface area contributed by atoms with Crippen LogP contribution in [-0.2, 0) is 6.18 Å². The number of anilines is 4. The molecule has 1 unspecified atom stereocenters. The SMILES string of the molecule is CCC(C)Oc1ccc(Nc2ncc(C(F)(F)F)c(Nc3ccccc3C)n2)cc1. The predicted molar refractivity (Wildman–Crippen MR) is 112 cm³/mol. The smallest absolute Gasteiger partial charge is 0.421 e. The van der Waals surface area contributed by atoms with E-state index < -0.39 is 11.7 Å². The maximum absolute atomic E-state index is 13.4. The second-order valence-electron chi connectivity index (χ2n) is 6.88. The Morgan fingerprint density at radius 1 is 1.03 bits per heavy atom. The van der Waals surface area contributed by atoms with Gasteiger partial charge in [-0.15, -0.1) is 0 Å². The lowest BCUT2D eigenvalue weighted by molar-refractivity contribution is -0.137. The van der Waals surface area contributed by atoms with Crippen LogP contribution in [0.4, 0.5) is 36.3 Å². The van der Waals surface area contributed by atoms with Crippen molar-refractivity contribution in [2.75, 3.05) is 10.6 Å². The Kier molecular flexibility index (Phi) is 6.44. The van der Waals surface area contributed by atoms with E-state index in [0.717, 1.165) is 18.2 Å². The molecule has 158 valence electrons. The first-order valence-corrected chi connectivity index (χ1v) is 9.57. The molecule has 0 aliphatic carbocycles. The fourth-order valence-corrected chi connectivity index (χ4v) is 2.65. The highest BCUT2D eigenvalue weighted by Crippen LogP contribution is 2.35. The Balaban J connectivity index is 1.85. The van der Waals surface area contributed by atoms with Crippen molar-refractivity contribution in [3.05, 3.63) is 65.9 Å². The normalized spacial score (nSPS) is 12.3. The first-order chi connectivity index (χ1) is 14.3. The van der Waals surface area contributed by atoms with Gasteiger partial charge in [-0.1, -0.05) is 25.1 Å². The summed E-state index contributed by atoms with van der Waals surface area (Å²) in [6.45, 7) is 5.81. The van der Waals surface area contributed by atoms with Crippen molar-refractivity contribution < 1.29 is 17.9 Å². The molecule has 0 spiro atoms. The average Bonchev–Trinajstić information content (AvgIpc) is 2.70. The number of aromatic nitrogens is 2. The van der Waals surface area contributed by atoms with E-state index in [1.54, 1.807) is 49.4 Å². The molecule has 3 aromatic rings. The maximum atomic E-state index is 13.4. The van der Waals surface area contributed by atoms with Crippen molar-refractivity contribution in [1.82, 2.24) is 9.97 Å². The monoisotopic (exact) mass is 416 g/mol. The molecule has 2 N–H and O–H groups in total. The summed E-state index contributed by atoms with van der Waals surface area (Å²) in [6, 6.07) is 14.1. The Morgan fingerprint density at radius 3 is 2.37 bits per heavy atom. The van der Waals surface area contributed by atoms with E-state index in [4.69, 9.17) is 4.74 Å². The van der Waals surface area contributed by atoms with E-state index in [-0.39, 0.29) is 17.9 Å². The highest BCUT2D eigenvalue weighted by atomic mass is 19.4. The van der Waals surface area contributed by atoms with Crippen LogP contribution in [0.3, 0.4) is 0 Å². The summed E-state index contributed by atoms with van der Waals surface area (Å²) in [5.41, 5.74) is 1.04. The zero-order valence-corrected chi connectivity index (χ0v) is 16.9. The molecule has 0 bridgehead atoms. The van der Waals surface area contributed by atoms with Gasteiger partial charge in [-0.25, -0.2) is 4.98 Å². The maximum Gasteiger partial charge on any atom is 0.421 e. The minimum atomic E-state index is -4.58. The van der Waals surface area contributed by atoms with E-state index in [1.165, 1.54) is 0 Å². The van der Waals surface area contributed by atoms with Crippen LogP contribution >= 0.6 is 0 Å². The summed E-state index contributed by atoms with van der Waals surface area (Å²) in [7, 11) is 0. The third-order valence-electron chi connectivity index (χ3n) is 4.51. The molecule has 1 aromatic heterocycles. The first kappa shape index (κ1) is 21.4. The number of rotatable bonds is 7. The highest BCUT2D eigenvalue weighted by molar-refractivity contribution is 5.65. The Morgan fingerprint density at radius 2 is 1.73 bits per heavy atom. The van der Waals surface area contributed by atoms with Gasteiger partial charge in [-0.05, 0) is 56.2 Å². The molecule has 8 heteroatoms. The molecule has 30 heavy (non-hydrogen) atoms. The number of alkyl halides is 3. The Labute approximate surface area is 173 Å². The van der Waals surface area contributed by atoms with Crippen LogP contribution in [0, 0.1) is 6.92 Å². The first-order valence-electron chi connectivity index (χ1n) is 9.57. The summed E-state index contributed by atoms with van der Waals surface area (Å²) in [6.07, 6.45) is -2.83. The number of ether oxygens (including phenoxy) is 1. The lowest BCUT2D eigenvalue weighted by atomic mass is 10.2. The fourth-order valence-electron chi connectivity index (χ4n) is 2.65. The molecular formula is C22H23F3N4O. The van der Waals surface area contributed by atoms with Gasteiger partial charge in [0.05, 0.1) is 6.10 Å². The van der Waals surface area contributed by atoms with Gasteiger partial charge in [0.1, 0.15) is 17.1 Å². The van der Waals surface area contributed by atoms with Gasteiger partial charge < -0.3 is 15.4 Å². The molecule has 5 nitrogen and oxygen atoms in total.